The lowest BCUT2D eigenvalue weighted by Crippen LogP contribution is -2.42. The number of nitrogens with zero attached hydrogens (tertiary/aromatic N) is 1. The van der Waals surface area contributed by atoms with Crippen molar-refractivity contribution >= 4 is 35.6 Å². The molecule has 3 N–H and O–H groups in total. The first-order valence-corrected chi connectivity index (χ1v) is 7.44. The van der Waals surface area contributed by atoms with Crippen LogP contribution in [0.1, 0.15) is 18.4 Å². The van der Waals surface area contributed by atoms with Crippen LogP contribution < -0.4 is 11.1 Å². The molecule has 0 aliphatic carbocycles. The van der Waals surface area contributed by atoms with Crippen LogP contribution in [0.2, 0.25) is 5.02 Å². The monoisotopic (exact) mass is 331 g/mol. The van der Waals surface area contributed by atoms with Crippen LogP contribution in [-0.2, 0) is 4.79 Å². The second-order valence-electron chi connectivity index (χ2n) is 5.49. The lowest BCUT2D eigenvalue weighted by Gasteiger charge is -2.31. The van der Waals surface area contributed by atoms with Gasteiger partial charge in [0.05, 0.1) is 6.54 Å². The van der Waals surface area contributed by atoms with Gasteiger partial charge in [-0.05, 0) is 62.5 Å². The molecular formula is C15H23Cl2N3O. The van der Waals surface area contributed by atoms with Crippen LogP contribution in [0.4, 0.5) is 5.69 Å². The third-order valence-corrected chi connectivity index (χ3v) is 4.00. The first-order chi connectivity index (χ1) is 9.58. The van der Waals surface area contributed by atoms with Gasteiger partial charge >= 0.3 is 0 Å². The maximum atomic E-state index is 12.1. The topological polar surface area (TPSA) is 58.4 Å². The number of halogens is 2. The van der Waals surface area contributed by atoms with Crippen molar-refractivity contribution in [2.45, 2.75) is 19.8 Å². The highest BCUT2D eigenvalue weighted by atomic mass is 35.5. The Hall–Kier alpha value is -0.810. The summed E-state index contributed by atoms with van der Waals surface area (Å²) in [7, 11) is 0. The maximum Gasteiger partial charge on any atom is 0.238 e. The maximum absolute atomic E-state index is 12.1. The van der Waals surface area contributed by atoms with Gasteiger partial charge in [-0.15, -0.1) is 12.4 Å². The standard InChI is InChI=1S/C15H22ClN3O.ClH/c1-11-7-13(16)4-5-14(11)18-15(20)10-19-6-2-3-12(8-17)9-19;/h4-5,7,12H,2-3,6,8-10,17H2,1H3,(H,18,20);1H. The van der Waals surface area contributed by atoms with Crippen LogP contribution in [0.3, 0.4) is 0 Å². The molecule has 21 heavy (non-hydrogen) atoms. The van der Waals surface area contributed by atoms with E-state index in [-0.39, 0.29) is 18.3 Å². The fourth-order valence-corrected chi connectivity index (χ4v) is 2.87. The van der Waals surface area contributed by atoms with Gasteiger partial charge in [0.15, 0.2) is 0 Å². The number of anilines is 1. The Morgan fingerprint density at radius 3 is 2.95 bits per heavy atom. The Balaban J connectivity index is 0.00000220. The highest BCUT2D eigenvalue weighted by Crippen LogP contribution is 2.20. The number of hydrogen-bond acceptors (Lipinski definition) is 3. The van der Waals surface area contributed by atoms with Gasteiger partial charge in [0.1, 0.15) is 0 Å². The molecule has 0 radical (unpaired) electrons. The van der Waals surface area contributed by atoms with Gasteiger partial charge in [0.25, 0.3) is 0 Å². The summed E-state index contributed by atoms with van der Waals surface area (Å²) in [5, 5.41) is 3.63. The largest absolute Gasteiger partial charge is 0.330 e. The molecule has 6 heteroatoms. The number of carbonyl (C=O) groups is 1. The number of carbonyl (C=O) groups excluding carboxylic acids is 1. The number of likely N-dealkylation sites (tertiary alicyclic amines) is 1. The Morgan fingerprint density at radius 2 is 2.29 bits per heavy atom. The van der Waals surface area contributed by atoms with Crippen molar-refractivity contribution in [1.82, 2.24) is 4.90 Å². The minimum atomic E-state index is 0. The SMILES string of the molecule is Cc1cc(Cl)ccc1NC(=O)CN1CCCC(CN)C1.Cl. The van der Waals surface area contributed by atoms with Gasteiger partial charge in [-0.3, -0.25) is 9.69 Å². The molecule has 1 aromatic carbocycles. The van der Waals surface area contributed by atoms with Crippen LogP contribution in [0, 0.1) is 12.8 Å². The number of benzene rings is 1. The predicted octanol–water partition coefficient (Wildman–Crippen LogP) is 2.68. The Labute approximate surface area is 137 Å². The molecular weight excluding hydrogens is 309 g/mol. The van der Waals surface area contributed by atoms with E-state index in [1.807, 2.05) is 19.1 Å². The number of amides is 1. The summed E-state index contributed by atoms with van der Waals surface area (Å²) in [5.74, 6) is 0.543. The van der Waals surface area contributed by atoms with Gasteiger partial charge in [0, 0.05) is 17.3 Å². The van der Waals surface area contributed by atoms with Crippen LogP contribution in [0.25, 0.3) is 0 Å². The van der Waals surface area contributed by atoms with Crippen molar-refractivity contribution in [2.75, 3.05) is 31.5 Å². The summed E-state index contributed by atoms with van der Waals surface area (Å²) in [4.78, 5) is 14.3. The molecule has 1 amide bonds. The third-order valence-electron chi connectivity index (χ3n) is 3.77. The predicted molar refractivity (Wildman–Crippen MR) is 90.3 cm³/mol. The van der Waals surface area contributed by atoms with E-state index in [1.54, 1.807) is 6.07 Å². The molecule has 1 heterocycles. The van der Waals surface area contributed by atoms with Crippen LogP contribution in [-0.4, -0.2) is 37.0 Å². The molecule has 4 nitrogen and oxygen atoms in total. The summed E-state index contributed by atoms with van der Waals surface area (Å²) < 4.78 is 0. The summed E-state index contributed by atoms with van der Waals surface area (Å²) in [5.41, 5.74) is 7.52. The van der Waals surface area contributed by atoms with Crippen LogP contribution in [0.5, 0.6) is 0 Å². The molecule has 0 saturated carbocycles. The van der Waals surface area contributed by atoms with Gasteiger partial charge in [-0.25, -0.2) is 0 Å². The van der Waals surface area contributed by atoms with Gasteiger partial charge in [-0.1, -0.05) is 11.6 Å². The summed E-state index contributed by atoms with van der Waals surface area (Å²) in [6.07, 6.45) is 2.29. The van der Waals surface area contributed by atoms with Crippen molar-refractivity contribution in [2.24, 2.45) is 11.7 Å². The molecule has 118 valence electrons. The van der Waals surface area contributed by atoms with Crippen molar-refractivity contribution in [3.05, 3.63) is 28.8 Å². The van der Waals surface area contributed by atoms with Crippen molar-refractivity contribution in [1.29, 1.82) is 0 Å². The molecule has 0 spiro atoms. The van der Waals surface area contributed by atoms with E-state index in [1.165, 1.54) is 6.42 Å². The van der Waals surface area contributed by atoms with E-state index >= 15 is 0 Å². The molecule has 0 aromatic heterocycles. The summed E-state index contributed by atoms with van der Waals surface area (Å²) >= 11 is 5.91. The minimum absolute atomic E-state index is 0. The fourth-order valence-electron chi connectivity index (χ4n) is 2.65. The molecule has 1 aliphatic rings. The zero-order valence-corrected chi connectivity index (χ0v) is 13.8. The number of rotatable bonds is 4. The van der Waals surface area contributed by atoms with Crippen molar-refractivity contribution in [3.8, 4) is 0 Å². The fraction of sp³-hybridized carbons (Fsp3) is 0.533. The number of nitrogens with one attached hydrogen (secondary N) is 1. The number of aryl methyl sites for hydroxylation is 1. The Morgan fingerprint density at radius 1 is 1.52 bits per heavy atom. The smallest absolute Gasteiger partial charge is 0.238 e. The third kappa shape index (κ3) is 5.47. The van der Waals surface area contributed by atoms with E-state index in [4.69, 9.17) is 17.3 Å². The molecule has 2 rings (SSSR count). The molecule has 1 aromatic rings. The molecule has 1 atom stereocenters. The molecule has 1 aliphatic heterocycles. The zero-order valence-electron chi connectivity index (χ0n) is 12.3. The van der Waals surface area contributed by atoms with Gasteiger partial charge in [0.2, 0.25) is 5.91 Å². The van der Waals surface area contributed by atoms with E-state index in [0.29, 0.717) is 24.0 Å². The van der Waals surface area contributed by atoms with E-state index in [2.05, 4.69) is 10.2 Å². The van der Waals surface area contributed by atoms with Crippen LogP contribution in [0.15, 0.2) is 18.2 Å². The quantitative estimate of drug-likeness (QED) is 0.891. The molecule has 0 bridgehead atoms. The highest BCUT2D eigenvalue weighted by molar-refractivity contribution is 6.30. The van der Waals surface area contributed by atoms with Crippen molar-refractivity contribution in [3.63, 3.8) is 0 Å². The number of nitrogens with two attached hydrogens (primary N) is 1. The lowest BCUT2D eigenvalue weighted by atomic mass is 9.98. The summed E-state index contributed by atoms with van der Waals surface area (Å²) in [6.45, 7) is 4.97. The summed E-state index contributed by atoms with van der Waals surface area (Å²) in [6, 6.07) is 5.48. The number of hydrogen-bond donors (Lipinski definition) is 2. The second-order valence-corrected chi connectivity index (χ2v) is 5.92. The normalized spacial score (nSPS) is 18.9. The lowest BCUT2D eigenvalue weighted by molar-refractivity contribution is -0.117. The zero-order chi connectivity index (χ0) is 14.5. The number of piperidine rings is 1. The molecule has 1 fully saturated rings. The van der Waals surface area contributed by atoms with Crippen molar-refractivity contribution < 1.29 is 4.79 Å². The Kier molecular flexibility index (Phi) is 7.46. The van der Waals surface area contributed by atoms with E-state index in [0.717, 1.165) is 30.8 Å². The average molecular weight is 332 g/mol. The first-order valence-electron chi connectivity index (χ1n) is 7.07. The average Bonchev–Trinajstić information content (AvgIpc) is 2.42. The minimum Gasteiger partial charge on any atom is -0.330 e. The van der Waals surface area contributed by atoms with Gasteiger partial charge in [-0.2, -0.15) is 0 Å². The van der Waals surface area contributed by atoms with E-state index < -0.39 is 0 Å². The second kappa shape index (κ2) is 8.59. The highest BCUT2D eigenvalue weighted by Gasteiger charge is 2.20. The Bertz CT molecular complexity index is 482. The molecule has 1 unspecified atom stereocenters. The van der Waals surface area contributed by atoms with Crippen LogP contribution >= 0.6 is 24.0 Å². The first kappa shape index (κ1) is 18.2. The molecule has 1 saturated heterocycles. The van der Waals surface area contributed by atoms with Gasteiger partial charge < -0.3 is 11.1 Å². The van der Waals surface area contributed by atoms with E-state index in [9.17, 15) is 4.79 Å².